The third-order valence-corrected chi connectivity index (χ3v) is 4.55. The van der Waals surface area contributed by atoms with Gasteiger partial charge in [-0.05, 0) is 19.3 Å². The molecule has 4 nitrogen and oxygen atoms in total. The van der Waals surface area contributed by atoms with Gasteiger partial charge in [-0.1, -0.05) is 51.9 Å². The van der Waals surface area contributed by atoms with Crippen molar-refractivity contribution in [3.8, 4) is 0 Å². The fourth-order valence-electron chi connectivity index (χ4n) is 2.08. The van der Waals surface area contributed by atoms with Gasteiger partial charge in [-0.25, -0.2) is 0 Å². The minimum atomic E-state index is -3.89. The van der Waals surface area contributed by atoms with Gasteiger partial charge < -0.3 is 5.11 Å². The lowest BCUT2D eigenvalue weighted by Crippen LogP contribution is -2.20. The van der Waals surface area contributed by atoms with Gasteiger partial charge in [0.1, 0.15) is 0 Å². The van der Waals surface area contributed by atoms with E-state index in [1.165, 1.54) is 0 Å². The van der Waals surface area contributed by atoms with Gasteiger partial charge >= 0.3 is 0 Å². The Morgan fingerprint density at radius 2 is 1.39 bits per heavy atom. The van der Waals surface area contributed by atoms with Crippen LogP contribution >= 0.6 is 0 Å². The van der Waals surface area contributed by atoms with Crippen molar-refractivity contribution in [2.24, 2.45) is 0 Å². The van der Waals surface area contributed by atoms with E-state index in [4.69, 9.17) is 9.66 Å². The Morgan fingerprint density at radius 3 is 1.83 bits per heavy atom. The summed E-state index contributed by atoms with van der Waals surface area (Å²) in [6, 6.07) is 0. The van der Waals surface area contributed by atoms with Crippen molar-refractivity contribution in [3.05, 3.63) is 0 Å². The summed E-state index contributed by atoms with van der Waals surface area (Å²) in [4.78, 5) is 0. The van der Waals surface area contributed by atoms with E-state index in [2.05, 4.69) is 6.92 Å². The summed E-state index contributed by atoms with van der Waals surface area (Å²) < 4.78 is 31.6. The first-order valence-corrected chi connectivity index (χ1v) is 8.59. The molecule has 2 N–H and O–H groups in total. The molecular formula is C13H28O4S. The Hall–Kier alpha value is -0.130. The number of aliphatic hydroxyl groups excluding tert-OH is 1. The molecule has 0 aliphatic carbocycles. The van der Waals surface area contributed by atoms with E-state index in [0.29, 0.717) is 12.8 Å². The maximum atomic E-state index is 11.2. The number of aliphatic hydroxyl groups is 1. The van der Waals surface area contributed by atoms with Crippen molar-refractivity contribution in [1.82, 2.24) is 0 Å². The highest BCUT2D eigenvalue weighted by molar-refractivity contribution is 7.86. The predicted octanol–water partition coefficient (Wildman–Crippen LogP) is 3.16. The summed E-state index contributed by atoms with van der Waals surface area (Å²) in [6.45, 7) is 2.31. The Labute approximate surface area is 112 Å². The molecule has 1 unspecified atom stereocenters. The summed E-state index contributed by atoms with van der Waals surface area (Å²) in [7, 11) is -3.89. The fourth-order valence-corrected chi connectivity index (χ4v) is 3.01. The van der Waals surface area contributed by atoms with Crippen LogP contribution in [-0.2, 0) is 10.1 Å². The Bertz CT molecular complexity index is 275. The molecule has 0 radical (unpaired) electrons. The molecule has 0 heterocycles. The van der Waals surface area contributed by atoms with Crippen LogP contribution in [0.5, 0.6) is 0 Å². The topological polar surface area (TPSA) is 74.6 Å². The maximum Gasteiger partial charge on any atom is 0.267 e. The molecule has 18 heavy (non-hydrogen) atoms. The van der Waals surface area contributed by atoms with Gasteiger partial charge in [-0.2, -0.15) is 8.42 Å². The SMILES string of the molecule is CCCCCCC(CCCCCCO)S(=O)(=O)O. The standard InChI is InChI=1S/C13H28O4S/c1-2-3-4-7-10-13(18(15,16)17)11-8-5-6-9-12-14/h13-14H,2-12H2,1H3,(H,15,16,17). The van der Waals surface area contributed by atoms with Gasteiger partial charge in [0.25, 0.3) is 10.1 Å². The van der Waals surface area contributed by atoms with Crippen LogP contribution in [0.15, 0.2) is 0 Å². The average Bonchev–Trinajstić information content (AvgIpc) is 2.30. The second-order valence-corrected chi connectivity index (χ2v) is 6.61. The van der Waals surface area contributed by atoms with Gasteiger partial charge in [0.15, 0.2) is 0 Å². The lowest BCUT2D eigenvalue weighted by atomic mass is 10.1. The van der Waals surface area contributed by atoms with Crippen molar-refractivity contribution >= 4 is 10.1 Å². The Kier molecular flexibility index (Phi) is 10.7. The van der Waals surface area contributed by atoms with Gasteiger partial charge in [0.2, 0.25) is 0 Å². The molecule has 0 saturated heterocycles. The number of hydrogen-bond acceptors (Lipinski definition) is 3. The third-order valence-electron chi connectivity index (χ3n) is 3.24. The zero-order valence-corrected chi connectivity index (χ0v) is 12.3. The second kappa shape index (κ2) is 10.8. The summed E-state index contributed by atoms with van der Waals surface area (Å²) in [5, 5.41) is 8.04. The molecule has 0 rings (SSSR count). The molecule has 0 spiro atoms. The number of hydrogen-bond donors (Lipinski definition) is 2. The first-order chi connectivity index (χ1) is 8.52. The summed E-state index contributed by atoms with van der Waals surface area (Å²) in [5.74, 6) is 0. The Balaban J connectivity index is 3.87. The quantitative estimate of drug-likeness (QED) is 0.425. The molecular weight excluding hydrogens is 252 g/mol. The lowest BCUT2D eigenvalue weighted by Gasteiger charge is -2.13. The molecule has 0 aliphatic rings. The summed E-state index contributed by atoms with van der Waals surface area (Å²) in [6.07, 6.45) is 8.67. The lowest BCUT2D eigenvalue weighted by molar-refractivity contribution is 0.282. The van der Waals surface area contributed by atoms with E-state index >= 15 is 0 Å². The minimum Gasteiger partial charge on any atom is -0.396 e. The summed E-state index contributed by atoms with van der Waals surface area (Å²) >= 11 is 0. The molecule has 110 valence electrons. The molecule has 1 atom stereocenters. The molecule has 0 bridgehead atoms. The highest BCUT2D eigenvalue weighted by Crippen LogP contribution is 2.18. The zero-order chi connectivity index (χ0) is 13.9. The van der Waals surface area contributed by atoms with Crippen molar-refractivity contribution < 1.29 is 18.1 Å². The van der Waals surface area contributed by atoms with E-state index in [1.54, 1.807) is 0 Å². The summed E-state index contributed by atoms with van der Waals surface area (Å²) in [5.41, 5.74) is 0. The van der Waals surface area contributed by atoms with Crippen molar-refractivity contribution in [2.75, 3.05) is 6.61 Å². The molecule has 0 aromatic rings. The average molecular weight is 280 g/mol. The van der Waals surface area contributed by atoms with E-state index in [1.807, 2.05) is 0 Å². The molecule has 5 heteroatoms. The first kappa shape index (κ1) is 17.9. The van der Waals surface area contributed by atoms with Crippen molar-refractivity contribution in [2.45, 2.75) is 76.4 Å². The molecule has 0 saturated carbocycles. The molecule has 0 fully saturated rings. The third kappa shape index (κ3) is 9.85. The van der Waals surface area contributed by atoms with Gasteiger partial charge in [0, 0.05) is 6.61 Å². The highest BCUT2D eigenvalue weighted by Gasteiger charge is 2.21. The highest BCUT2D eigenvalue weighted by atomic mass is 32.2. The minimum absolute atomic E-state index is 0.193. The van der Waals surface area contributed by atoms with E-state index in [-0.39, 0.29) is 6.61 Å². The predicted molar refractivity (Wildman–Crippen MR) is 74.3 cm³/mol. The number of rotatable bonds is 12. The molecule has 0 aliphatic heterocycles. The second-order valence-electron chi connectivity index (χ2n) is 4.91. The molecule has 0 aromatic heterocycles. The van der Waals surface area contributed by atoms with Crippen LogP contribution in [0.2, 0.25) is 0 Å². The van der Waals surface area contributed by atoms with Crippen LogP contribution < -0.4 is 0 Å². The zero-order valence-electron chi connectivity index (χ0n) is 11.5. The largest absolute Gasteiger partial charge is 0.396 e. The van der Waals surface area contributed by atoms with Crippen molar-refractivity contribution in [1.29, 1.82) is 0 Å². The van der Waals surface area contributed by atoms with Crippen LogP contribution in [0.4, 0.5) is 0 Å². The number of unbranched alkanes of at least 4 members (excludes halogenated alkanes) is 6. The van der Waals surface area contributed by atoms with Crippen LogP contribution in [0, 0.1) is 0 Å². The fraction of sp³-hybridized carbons (Fsp3) is 1.00. The molecule has 0 aromatic carbocycles. The van der Waals surface area contributed by atoms with Crippen molar-refractivity contribution in [3.63, 3.8) is 0 Å². The van der Waals surface area contributed by atoms with E-state index in [9.17, 15) is 8.42 Å². The van der Waals surface area contributed by atoms with Gasteiger partial charge in [-0.3, -0.25) is 4.55 Å². The first-order valence-electron chi connectivity index (χ1n) is 7.09. The van der Waals surface area contributed by atoms with E-state index < -0.39 is 15.4 Å². The van der Waals surface area contributed by atoms with Crippen LogP contribution in [-0.4, -0.2) is 29.9 Å². The van der Waals surface area contributed by atoms with Gasteiger partial charge in [0.05, 0.1) is 5.25 Å². The van der Waals surface area contributed by atoms with Crippen LogP contribution in [0.1, 0.15) is 71.1 Å². The van der Waals surface area contributed by atoms with E-state index in [0.717, 1.165) is 51.4 Å². The van der Waals surface area contributed by atoms with Gasteiger partial charge in [-0.15, -0.1) is 0 Å². The smallest absolute Gasteiger partial charge is 0.267 e. The van der Waals surface area contributed by atoms with Crippen LogP contribution in [0.3, 0.4) is 0 Å². The van der Waals surface area contributed by atoms with Crippen LogP contribution in [0.25, 0.3) is 0 Å². The maximum absolute atomic E-state index is 11.2. The molecule has 0 amide bonds. The Morgan fingerprint density at radius 1 is 0.889 bits per heavy atom. The monoisotopic (exact) mass is 280 g/mol. The normalized spacial score (nSPS) is 13.7.